The summed E-state index contributed by atoms with van der Waals surface area (Å²) in [7, 11) is 0. The maximum absolute atomic E-state index is 13.6. The number of benzene rings is 1. The normalized spacial score (nSPS) is 15.2. The minimum absolute atomic E-state index is 0.258. The monoisotopic (exact) mass is 389 g/mol. The topological polar surface area (TPSA) is 96.6 Å². The molecule has 7 nitrogen and oxygen atoms in total. The molecule has 3 N–H and O–H groups in total. The summed E-state index contributed by atoms with van der Waals surface area (Å²) in [5.74, 6) is 0.464. The number of fused-ring (bicyclic) bond motifs is 1. The Hall–Kier alpha value is -3.39. The van der Waals surface area contributed by atoms with Gasteiger partial charge in [-0.2, -0.15) is 5.10 Å². The molecule has 0 atom stereocenters. The average molecular weight is 389 g/mol. The number of rotatable bonds is 3. The Morgan fingerprint density at radius 2 is 1.83 bits per heavy atom. The molecule has 0 bridgehead atoms. The number of hydrogen-bond donors (Lipinski definition) is 2. The molecular weight excluding hydrogens is 369 g/mol. The van der Waals surface area contributed by atoms with Gasteiger partial charge < -0.3 is 10.6 Å². The minimum atomic E-state index is -0.366. The second-order valence-corrected chi connectivity index (χ2v) is 7.31. The molecule has 0 saturated carbocycles. The number of piperidine rings is 1. The van der Waals surface area contributed by atoms with Crippen LogP contribution in [0, 0.1) is 5.82 Å². The molecule has 5 rings (SSSR count). The number of H-pyrrole nitrogens is 1. The van der Waals surface area contributed by atoms with Crippen molar-refractivity contribution in [3.05, 3.63) is 54.9 Å². The predicted octanol–water partition coefficient (Wildman–Crippen LogP) is 3.15. The maximum Gasteiger partial charge on any atom is 0.147 e. The summed E-state index contributed by atoms with van der Waals surface area (Å²) in [6.45, 7) is 1.74. The van der Waals surface area contributed by atoms with E-state index in [-0.39, 0.29) is 11.9 Å². The Morgan fingerprint density at radius 1 is 1.00 bits per heavy atom. The first-order valence-corrected chi connectivity index (χ1v) is 9.59. The van der Waals surface area contributed by atoms with Crippen LogP contribution in [0.5, 0.6) is 0 Å². The highest BCUT2D eigenvalue weighted by Crippen LogP contribution is 2.30. The van der Waals surface area contributed by atoms with Gasteiger partial charge in [-0.3, -0.25) is 15.1 Å². The van der Waals surface area contributed by atoms with Gasteiger partial charge in [0.1, 0.15) is 23.0 Å². The summed E-state index contributed by atoms with van der Waals surface area (Å²) in [6, 6.07) is 7.54. The molecule has 8 heteroatoms. The van der Waals surface area contributed by atoms with Crippen molar-refractivity contribution >= 4 is 16.7 Å². The fourth-order valence-corrected chi connectivity index (χ4v) is 3.71. The zero-order valence-corrected chi connectivity index (χ0v) is 15.7. The van der Waals surface area contributed by atoms with Crippen LogP contribution < -0.4 is 10.6 Å². The number of nitrogens with zero attached hydrogens (tertiary/aromatic N) is 5. The molecule has 3 aromatic heterocycles. The molecule has 0 radical (unpaired) electrons. The van der Waals surface area contributed by atoms with Crippen LogP contribution in [-0.4, -0.2) is 44.3 Å². The van der Waals surface area contributed by atoms with E-state index >= 15 is 0 Å². The van der Waals surface area contributed by atoms with Crippen molar-refractivity contribution in [2.24, 2.45) is 5.73 Å². The highest BCUT2D eigenvalue weighted by molar-refractivity contribution is 5.94. The fourth-order valence-electron chi connectivity index (χ4n) is 3.71. The summed E-state index contributed by atoms with van der Waals surface area (Å²) in [6.07, 6.45) is 8.22. The lowest BCUT2D eigenvalue weighted by Gasteiger charge is -2.30. The summed E-state index contributed by atoms with van der Waals surface area (Å²) in [4.78, 5) is 15.3. The molecule has 146 valence electrons. The van der Waals surface area contributed by atoms with Gasteiger partial charge >= 0.3 is 0 Å². The molecule has 1 aliphatic heterocycles. The highest BCUT2D eigenvalue weighted by Gasteiger charge is 2.19. The van der Waals surface area contributed by atoms with Gasteiger partial charge in [0.2, 0.25) is 0 Å². The summed E-state index contributed by atoms with van der Waals surface area (Å²) >= 11 is 0. The van der Waals surface area contributed by atoms with Gasteiger partial charge in [0.05, 0.1) is 24.1 Å². The third kappa shape index (κ3) is 3.42. The Bertz CT molecular complexity index is 1160. The van der Waals surface area contributed by atoms with E-state index in [2.05, 4.69) is 25.1 Å². The Kier molecular flexibility index (Phi) is 4.40. The SMILES string of the molecule is NC1CCN(c2cncc(-c3n[nH]c4ccc(-c5cncc(F)c5)cc34)n2)CC1. The van der Waals surface area contributed by atoms with E-state index in [1.807, 2.05) is 18.2 Å². The van der Waals surface area contributed by atoms with E-state index in [4.69, 9.17) is 10.7 Å². The molecule has 4 aromatic rings. The first kappa shape index (κ1) is 17.7. The van der Waals surface area contributed by atoms with Crippen LogP contribution in [0.1, 0.15) is 12.8 Å². The smallest absolute Gasteiger partial charge is 0.147 e. The van der Waals surface area contributed by atoms with E-state index in [0.717, 1.165) is 48.2 Å². The van der Waals surface area contributed by atoms with Crippen molar-refractivity contribution in [3.8, 4) is 22.5 Å². The van der Waals surface area contributed by atoms with Crippen LogP contribution in [-0.2, 0) is 0 Å². The molecule has 0 unspecified atom stereocenters. The van der Waals surface area contributed by atoms with E-state index < -0.39 is 0 Å². The van der Waals surface area contributed by atoms with Crippen molar-refractivity contribution < 1.29 is 4.39 Å². The van der Waals surface area contributed by atoms with Gasteiger partial charge in [0, 0.05) is 36.3 Å². The predicted molar refractivity (Wildman–Crippen MR) is 110 cm³/mol. The lowest BCUT2D eigenvalue weighted by Crippen LogP contribution is -2.40. The zero-order chi connectivity index (χ0) is 19.8. The summed E-state index contributed by atoms with van der Waals surface area (Å²) < 4.78 is 13.6. The van der Waals surface area contributed by atoms with E-state index in [1.165, 1.54) is 12.3 Å². The molecule has 1 aliphatic rings. The van der Waals surface area contributed by atoms with Gasteiger partial charge in [-0.1, -0.05) is 6.07 Å². The van der Waals surface area contributed by atoms with Crippen molar-refractivity contribution in [2.75, 3.05) is 18.0 Å². The molecule has 1 aromatic carbocycles. The number of pyridine rings is 1. The van der Waals surface area contributed by atoms with Crippen molar-refractivity contribution in [1.29, 1.82) is 0 Å². The number of aromatic nitrogens is 5. The van der Waals surface area contributed by atoms with Crippen LogP contribution in [0.3, 0.4) is 0 Å². The molecule has 4 heterocycles. The van der Waals surface area contributed by atoms with Gasteiger partial charge in [0.15, 0.2) is 0 Å². The number of nitrogens with two attached hydrogens (primary N) is 1. The zero-order valence-electron chi connectivity index (χ0n) is 15.7. The quantitative estimate of drug-likeness (QED) is 0.559. The third-order valence-corrected chi connectivity index (χ3v) is 5.33. The lowest BCUT2D eigenvalue weighted by atomic mass is 10.0. The number of nitrogens with one attached hydrogen (secondary N) is 1. The molecular formula is C21H20FN7. The number of anilines is 1. The van der Waals surface area contributed by atoms with Crippen molar-refractivity contribution in [2.45, 2.75) is 18.9 Å². The third-order valence-electron chi connectivity index (χ3n) is 5.33. The van der Waals surface area contributed by atoms with E-state index in [9.17, 15) is 4.39 Å². The Balaban J connectivity index is 1.53. The van der Waals surface area contributed by atoms with Crippen LogP contribution in [0.2, 0.25) is 0 Å². The van der Waals surface area contributed by atoms with Gasteiger partial charge in [-0.05, 0) is 36.6 Å². The largest absolute Gasteiger partial charge is 0.355 e. The summed E-state index contributed by atoms with van der Waals surface area (Å²) in [5, 5.41) is 8.41. The summed E-state index contributed by atoms with van der Waals surface area (Å²) in [5.41, 5.74) is 9.87. The lowest BCUT2D eigenvalue weighted by molar-refractivity contribution is 0.498. The molecule has 1 saturated heterocycles. The van der Waals surface area contributed by atoms with Crippen molar-refractivity contribution in [1.82, 2.24) is 25.1 Å². The van der Waals surface area contributed by atoms with Gasteiger partial charge in [-0.15, -0.1) is 0 Å². The first-order chi connectivity index (χ1) is 14.2. The standard InChI is InChI=1S/C21H20FN7/c22-15-7-14(9-24-10-15)13-1-2-18-17(8-13)21(28-27-18)19-11-25-12-20(26-19)29-5-3-16(23)4-6-29/h1-2,7-12,16H,3-6,23H2,(H,27,28). The van der Waals surface area contributed by atoms with Crippen LogP contribution in [0.25, 0.3) is 33.4 Å². The van der Waals surface area contributed by atoms with Crippen molar-refractivity contribution in [3.63, 3.8) is 0 Å². The van der Waals surface area contributed by atoms with E-state index in [1.54, 1.807) is 18.6 Å². The fraction of sp³-hybridized carbons (Fsp3) is 0.238. The minimum Gasteiger partial charge on any atom is -0.355 e. The molecule has 1 fully saturated rings. The van der Waals surface area contributed by atoms with E-state index in [0.29, 0.717) is 17.0 Å². The van der Waals surface area contributed by atoms with Gasteiger partial charge in [-0.25, -0.2) is 9.37 Å². The molecule has 29 heavy (non-hydrogen) atoms. The van der Waals surface area contributed by atoms with Gasteiger partial charge in [0.25, 0.3) is 0 Å². The molecule has 0 amide bonds. The second kappa shape index (κ2) is 7.21. The molecule has 0 spiro atoms. The second-order valence-electron chi connectivity index (χ2n) is 7.31. The Morgan fingerprint density at radius 3 is 2.66 bits per heavy atom. The van der Waals surface area contributed by atoms with Crippen LogP contribution in [0.15, 0.2) is 49.1 Å². The number of hydrogen-bond acceptors (Lipinski definition) is 6. The number of halogens is 1. The average Bonchev–Trinajstić information content (AvgIpc) is 3.18. The number of aromatic amines is 1. The maximum atomic E-state index is 13.6. The van der Waals surface area contributed by atoms with Crippen LogP contribution in [0.4, 0.5) is 10.2 Å². The Labute approximate surface area is 166 Å². The first-order valence-electron chi connectivity index (χ1n) is 9.59. The highest BCUT2D eigenvalue weighted by atomic mass is 19.1. The molecule has 0 aliphatic carbocycles. The van der Waals surface area contributed by atoms with Crippen LogP contribution >= 0.6 is 0 Å².